The van der Waals surface area contributed by atoms with Gasteiger partial charge in [0.25, 0.3) is 5.91 Å². The van der Waals surface area contributed by atoms with E-state index < -0.39 is 0 Å². The highest BCUT2D eigenvalue weighted by Gasteiger charge is 2.12. The van der Waals surface area contributed by atoms with E-state index in [4.69, 9.17) is 27.1 Å². The van der Waals surface area contributed by atoms with E-state index in [1.54, 1.807) is 30.3 Å². The van der Waals surface area contributed by atoms with E-state index in [9.17, 15) is 4.79 Å². The van der Waals surface area contributed by atoms with E-state index in [0.29, 0.717) is 17.0 Å². The fraction of sp³-hybridized carbons (Fsp3) is 0.0769. The maximum Gasteiger partial charge on any atom is 0.291 e. The molecule has 0 aliphatic carbocycles. The fourth-order valence-corrected chi connectivity index (χ4v) is 1.67. The van der Waals surface area contributed by atoms with Crippen LogP contribution in [0, 0.1) is 0 Å². The highest BCUT2D eigenvalue weighted by Crippen LogP contribution is 2.26. The Kier molecular flexibility index (Phi) is 3.82. The van der Waals surface area contributed by atoms with Crippen molar-refractivity contribution < 1.29 is 13.9 Å². The van der Waals surface area contributed by atoms with E-state index in [1.807, 2.05) is 0 Å². The Hall–Kier alpha value is -2.34. The molecule has 2 aromatic rings. The lowest BCUT2D eigenvalue weighted by molar-refractivity contribution is 0.0996. The molecule has 1 aromatic heterocycles. The van der Waals surface area contributed by atoms with Gasteiger partial charge >= 0.3 is 0 Å². The summed E-state index contributed by atoms with van der Waals surface area (Å²) in [5.74, 6) is 0.344. The quantitative estimate of drug-likeness (QED) is 0.837. The average Bonchev–Trinajstić information content (AvgIpc) is 2.92. The molecule has 0 unspecified atom stereocenters. The number of carbonyl (C=O) groups is 1. The second-order valence-electron chi connectivity index (χ2n) is 3.71. The number of hydrogen-bond donors (Lipinski definition) is 2. The van der Waals surface area contributed by atoms with Gasteiger partial charge in [-0.25, -0.2) is 0 Å². The summed E-state index contributed by atoms with van der Waals surface area (Å²) < 4.78 is 10.2. The Balaban J connectivity index is 2.25. The van der Waals surface area contributed by atoms with Crippen molar-refractivity contribution in [2.24, 2.45) is 5.73 Å². The van der Waals surface area contributed by atoms with Gasteiger partial charge in [0, 0.05) is 5.56 Å². The molecule has 0 bridgehead atoms. The van der Waals surface area contributed by atoms with Gasteiger partial charge in [0.2, 0.25) is 0 Å². The molecule has 2 rings (SSSR count). The van der Waals surface area contributed by atoms with Gasteiger partial charge in [0.15, 0.2) is 5.76 Å². The van der Waals surface area contributed by atoms with Crippen LogP contribution in [0.2, 0.25) is 0 Å². The molecule has 6 heteroatoms. The zero-order valence-electron chi connectivity index (χ0n) is 10.2. The molecule has 0 atom stereocenters. The van der Waals surface area contributed by atoms with E-state index >= 15 is 0 Å². The number of nitrogens with one attached hydrogen (secondary N) is 1. The van der Waals surface area contributed by atoms with Crippen molar-refractivity contribution in [1.29, 1.82) is 0 Å². The summed E-state index contributed by atoms with van der Waals surface area (Å²) in [7, 11) is 1.50. The standard InChI is InChI=1S/C13H12N2O3S/c1-17-11-7-8(12(14)19)4-5-9(11)15-13(16)10-3-2-6-18-10/h2-7H,1H3,(H2,14,19)(H,15,16). The number of nitrogens with two attached hydrogens (primary N) is 1. The highest BCUT2D eigenvalue weighted by molar-refractivity contribution is 7.80. The number of methoxy groups -OCH3 is 1. The van der Waals surface area contributed by atoms with E-state index in [0.717, 1.165) is 0 Å². The Bertz CT molecular complexity index is 608. The van der Waals surface area contributed by atoms with Crippen molar-refractivity contribution in [1.82, 2.24) is 0 Å². The number of hydrogen-bond acceptors (Lipinski definition) is 4. The summed E-state index contributed by atoms with van der Waals surface area (Å²) >= 11 is 4.89. The van der Waals surface area contributed by atoms with Gasteiger partial charge in [0.1, 0.15) is 10.7 Å². The Labute approximate surface area is 115 Å². The van der Waals surface area contributed by atoms with Crippen LogP contribution in [0.25, 0.3) is 0 Å². The predicted octanol–water partition coefficient (Wildman–Crippen LogP) is 2.17. The highest BCUT2D eigenvalue weighted by atomic mass is 32.1. The van der Waals surface area contributed by atoms with Crippen molar-refractivity contribution in [2.45, 2.75) is 0 Å². The maximum atomic E-state index is 11.9. The van der Waals surface area contributed by atoms with Crippen LogP contribution in [0.3, 0.4) is 0 Å². The minimum absolute atomic E-state index is 0.223. The SMILES string of the molecule is COc1cc(C(N)=S)ccc1NC(=O)c1ccco1. The molecule has 3 N–H and O–H groups in total. The number of anilines is 1. The molecule has 0 fully saturated rings. The summed E-state index contributed by atoms with van der Waals surface area (Å²) in [5, 5.41) is 2.69. The van der Waals surface area contributed by atoms with Gasteiger partial charge < -0.3 is 20.2 Å². The number of carbonyl (C=O) groups excluding carboxylic acids is 1. The molecule has 1 aromatic carbocycles. The van der Waals surface area contributed by atoms with Crippen molar-refractivity contribution in [3.8, 4) is 5.75 Å². The number of rotatable bonds is 4. The van der Waals surface area contributed by atoms with Crippen molar-refractivity contribution in [3.05, 3.63) is 47.9 Å². The molecule has 0 spiro atoms. The zero-order chi connectivity index (χ0) is 13.8. The topological polar surface area (TPSA) is 77.5 Å². The first-order chi connectivity index (χ1) is 9.11. The van der Waals surface area contributed by atoms with Gasteiger partial charge in [-0.2, -0.15) is 0 Å². The van der Waals surface area contributed by atoms with Crippen LogP contribution in [-0.2, 0) is 0 Å². The third-order valence-electron chi connectivity index (χ3n) is 2.48. The van der Waals surface area contributed by atoms with Crippen LogP contribution < -0.4 is 15.8 Å². The zero-order valence-corrected chi connectivity index (χ0v) is 11.0. The minimum atomic E-state index is -0.355. The number of furan rings is 1. The van der Waals surface area contributed by atoms with Crippen LogP contribution in [0.5, 0.6) is 5.75 Å². The fourth-order valence-electron chi connectivity index (χ4n) is 1.54. The lowest BCUT2D eigenvalue weighted by atomic mass is 10.2. The van der Waals surface area contributed by atoms with Crippen LogP contribution in [0.15, 0.2) is 41.0 Å². The van der Waals surface area contributed by atoms with Crippen LogP contribution in [0.4, 0.5) is 5.69 Å². The molecular formula is C13H12N2O3S. The lowest BCUT2D eigenvalue weighted by Crippen LogP contribution is -2.13. The average molecular weight is 276 g/mol. The summed E-state index contributed by atoms with van der Waals surface area (Å²) in [6.45, 7) is 0. The normalized spacial score (nSPS) is 9.95. The molecule has 0 saturated carbocycles. The second kappa shape index (κ2) is 5.53. The first-order valence-electron chi connectivity index (χ1n) is 5.44. The Morgan fingerprint density at radius 2 is 2.21 bits per heavy atom. The van der Waals surface area contributed by atoms with E-state index in [1.165, 1.54) is 13.4 Å². The summed E-state index contributed by atoms with van der Waals surface area (Å²) in [6.07, 6.45) is 1.43. The third-order valence-corrected chi connectivity index (χ3v) is 2.71. The van der Waals surface area contributed by atoms with Gasteiger partial charge in [-0.05, 0) is 30.3 Å². The molecule has 0 saturated heterocycles. The molecule has 98 valence electrons. The molecule has 19 heavy (non-hydrogen) atoms. The first-order valence-corrected chi connectivity index (χ1v) is 5.85. The number of amides is 1. The van der Waals surface area contributed by atoms with Crippen LogP contribution in [0.1, 0.15) is 16.1 Å². The molecule has 0 radical (unpaired) electrons. The van der Waals surface area contributed by atoms with Crippen LogP contribution in [-0.4, -0.2) is 18.0 Å². The van der Waals surface area contributed by atoms with Crippen molar-refractivity contribution in [3.63, 3.8) is 0 Å². The molecule has 1 amide bonds. The molecular weight excluding hydrogens is 264 g/mol. The minimum Gasteiger partial charge on any atom is -0.495 e. The van der Waals surface area contributed by atoms with Gasteiger partial charge in [0.05, 0.1) is 19.1 Å². The molecule has 1 heterocycles. The van der Waals surface area contributed by atoms with E-state index in [-0.39, 0.29) is 16.7 Å². The smallest absolute Gasteiger partial charge is 0.291 e. The monoisotopic (exact) mass is 276 g/mol. The lowest BCUT2D eigenvalue weighted by Gasteiger charge is -2.10. The maximum absolute atomic E-state index is 11.9. The van der Waals surface area contributed by atoms with Gasteiger partial charge in [-0.3, -0.25) is 4.79 Å². The molecule has 0 aliphatic heterocycles. The van der Waals surface area contributed by atoms with Crippen LogP contribution >= 0.6 is 12.2 Å². The third kappa shape index (κ3) is 2.92. The summed E-state index contributed by atoms with van der Waals surface area (Å²) in [4.78, 5) is 12.1. The molecule has 0 aliphatic rings. The predicted molar refractivity (Wildman–Crippen MR) is 75.5 cm³/mol. The van der Waals surface area contributed by atoms with Crippen molar-refractivity contribution >= 4 is 28.8 Å². The Morgan fingerprint density at radius 3 is 2.79 bits per heavy atom. The second-order valence-corrected chi connectivity index (χ2v) is 4.15. The molecule has 5 nitrogen and oxygen atoms in total. The number of thiocarbonyl (C=S) groups is 1. The van der Waals surface area contributed by atoms with E-state index in [2.05, 4.69) is 5.32 Å². The van der Waals surface area contributed by atoms with Crippen molar-refractivity contribution in [2.75, 3.05) is 12.4 Å². The summed E-state index contributed by atoms with van der Waals surface area (Å²) in [6, 6.07) is 8.27. The first kappa shape index (κ1) is 13.1. The number of ether oxygens (including phenoxy) is 1. The van der Waals surface area contributed by atoms with Gasteiger partial charge in [-0.15, -0.1) is 0 Å². The van der Waals surface area contributed by atoms with Gasteiger partial charge in [-0.1, -0.05) is 12.2 Å². The summed E-state index contributed by atoms with van der Waals surface area (Å²) in [5.41, 5.74) is 6.73. The Morgan fingerprint density at radius 1 is 1.42 bits per heavy atom. The number of benzene rings is 1. The largest absolute Gasteiger partial charge is 0.495 e.